The number of nitrogens with one attached hydrogen (secondary N) is 1. The normalized spacial score (nSPS) is 12.7. The SMILES string of the molecule is Cc1cnc2[nH]c3c(OC[C@H](COCc4ccccc4)CN(C)C)ccc(Cl)c3c2c1. The second-order valence-corrected chi connectivity index (χ2v) is 8.68. The molecule has 0 unspecified atom stereocenters. The molecule has 2 heterocycles. The smallest absolute Gasteiger partial charge is 0.143 e. The Morgan fingerprint density at radius 3 is 2.68 bits per heavy atom. The summed E-state index contributed by atoms with van der Waals surface area (Å²) in [5.41, 5.74) is 3.97. The molecule has 0 spiro atoms. The zero-order valence-electron chi connectivity index (χ0n) is 18.2. The fraction of sp³-hybridized carbons (Fsp3) is 0.320. The van der Waals surface area contributed by atoms with Gasteiger partial charge in [-0.1, -0.05) is 41.9 Å². The molecule has 0 aliphatic rings. The van der Waals surface area contributed by atoms with Gasteiger partial charge < -0.3 is 19.4 Å². The third-order valence-corrected chi connectivity index (χ3v) is 5.53. The van der Waals surface area contributed by atoms with Crippen LogP contribution in [0.2, 0.25) is 5.02 Å². The van der Waals surface area contributed by atoms with Crippen LogP contribution in [0, 0.1) is 12.8 Å². The van der Waals surface area contributed by atoms with Crippen molar-refractivity contribution in [2.75, 3.05) is 33.9 Å². The molecule has 0 aliphatic heterocycles. The minimum Gasteiger partial charge on any atom is -0.491 e. The molecule has 4 aromatic rings. The van der Waals surface area contributed by atoms with E-state index in [9.17, 15) is 0 Å². The van der Waals surface area contributed by atoms with E-state index in [2.05, 4.69) is 47.2 Å². The van der Waals surface area contributed by atoms with Gasteiger partial charge in [0, 0.05) is 29.4 Å². The fourth-order valence-corrected chi connectivity index (χ4v) is 4.10. The molecular weight excluding hydrogens is 410 g/mol. The third-order valence-electron chi connectivity index (χ3n) is 5.22. The second-order valence-electron chi connectivity index (χ2n) is 8.27. The monoisotopic (exact) mass is 437 g/mol. The van der Waals surface area contributed by atoms with Gasteiger partial charge in [0.1, 0.15) is 11.4 Å². The van der Waals surface area contributed by atoms with Gasteiger partial charge in [-0.15, -0.1) is 0 Å². The molecule has 0 saturated carbocycles. The summed E-state index contributed by atoms with van der Waals surface area (Å²) in [5.74, 6) is 1.01. The zero-order valence-corrected chi connectivity index (χ0v) is 18.9. The van der Waals surface area contributed by atoms with Crippen LogP contribution < -0.4 is 4.74 Å². The number of fused-ring (bicyclic) bond motifs is 3. The van der Waals surface area contributed by atoms with Gasteiger partial charge in [-0.3, -0.25) is 0 Å². The highest BCUT2D eigenvalue weighted by Gasteiger charge is 2.16. The van der Waals surface area contributed by atoms with E-state index >= 15 is 0 Å². The lowest BCUT2D eigenvalue weighted by Gasteiger charge is -2.22. The molecule has 6 heteroatoms. The first-order valence-corrected chi connectivity index (χ1v) is 10.8. The van der Waals surface area contributed by atoms with Crippen molar-refractivity contribution in [3.63, 3.8) is 0 Å². The van der Waals surface area contributed by atoms with E-state index < -0.39 is 0 Å². The predicted molar refractivity (Wildman–Crippen MR) is 127 cm³/mol. The van der Waals surface area contributed by atoms with Crippen molar-refractivity contribution in [2.45, 2.75) is 13.5 Å². The molecular formula is C25H28ClN3O2. The molecule has 0 bridgehead atoms. The Kier molecular flexibility index (Phi) is 6.76. The van der Waals surface area contributed by atoms with Gasteiger partial charge in [0.15, 0.2) is 0 Å². The molecule has 162 valence electrons. The molecule has 2 aromatic carbocycles. The first kappa shape index (κ1) is 21.6. The number of aryl methyl sites for hydroxylation is 1. The topological polar surface area (TPSA) is 50.4 Å². The minimum absolute atomic E-state index is 0.231. The predicted octanol–water partition coefficient (Wildman–Crippen LogP) is 5.45. The molecule has 0 amide bonds. The van der Waals surface area contributed by atoms with Crippen LogP contribution in [0.25, 0.3) is 21.9 Å². The number of nitrogens with zero attached hydrogens (tertiary/aromatic N) is 2. The lowest BCUT2D eigenvalue weighted by atomic mass is 10.1. The molecule has 5 nitrogen and oxygen atoms in total. The Labute approximate surface area is 187 Å². The molecule has 0 aliphatic carbocycles. The van der Waals surface area contributed by atoms with Crippen molar-refractivity contribution in [1.82, 2.24) is 14.9 Å². The number of H-pyrrole nitrogens is 1. The quantitative estimate of drug-likeness (QED) is 0.378. The van der Waals surface area contributed by atoms with E-state index in [-0.39, 0.29) is 5.92 Å². The molecule has 0 saturated heterocycles. The first-order valence-electron chi connectivity index (χ1n) is 10.5. The average molecular weight is 438 g/mol. The molecule has 0 radical (unpaired) electrons. The van der Waals surface area contributed by atoms with Crippen molar-refractivity contribution >= 4 is 33.5 Å². The third kappa shape index (κ3) is 5.18. The number of hydrogen-bond donors (Lipinski definition) is 1. The van der Waals surface area contributed by atoms with Crippen LogP contribution in [0.5, 0.6) is 5.75 Å². The number of benzene rings is 2. The Bertz CT molecular complexity index is 1160. The number of aromatic amines is 1. The summed E-state index contributed by atoms with van der Waals surface area (Å²) in [4.78, 5) is 10.0. The van der Waals surface area contributed by atoms with E-state index in [1.807, 2.05) is 43.5 Å². The van der Waals surface area contributed by atoms with Gasteiger partial charge in [0.2, 0.25) is 0 Å². The molecule has 4 rings (SSSR count). The Balaban J connectivity index is 1.49. The number of hydrogen-bond acceptors (Lipinski definition) is 4. The lowest BCUT2D eigenvalue weighted by Crippen LogP contribution is -2.29. The number of ether oxygens (including phenoxy) is 2. The second kappa shape index (κ2) is 9.69. The van der Waals surface area contributed by atoms with E-state index in [4.69, 9.17) is 21.1 Å². The zero-order chi connectivity index (χ0) is 21.8. The van der Waals surface area contributed by atoms with Crippen LogP contribution in [0.1, 0.15) is 11.1 Å². The first-order chi connectivity index (χ1) is 15.0. The van der Waals surface area contributed by atoms with Gasteiger partial charge in [0.25, 0.3) is 0 Å². The lowest BCUT2D eigenvalue weighted by molar-refractivity contribution is 0.0576. The van der Waals surface area contributed by atoms with Crippen molar-refractivity contribution in [3.8, 4) is 5.75 Å². The molecule has 1 atom stereocenters. The minimum atomic E-state index is 0.231. The summed E-state index contributed by atoms with van der Waals surface area (Å²) in [6.45, 7) is 4.67. The Morgan fingerprint density at radius 1 is 1.10 bits per heavy atom. The van der Waals surface area contributed by atoms with Gasteiger partial charge in [0.05, 0.1) is 30.4 Å². The summed E-state index contributed by atoms with van der Waals surface area (Å²) >= 11 is 6.53. The molecule has 2 aromatic heterocycles. The van der Waals surface area contributed by atoms with Crippen LogP contribution in [0.3, 0.4) is 0 Å². The van der Waals surface area contributed by atoms with Gasteiger partial charge >= 0.3 is 0 Å². The van der Waals surface area contributed by atoms with Crippen molar-refractivity contribution in [1.29, 1.82) is 0 Å². The maximum atomic E-state index is 6.53. The van der Waals surface area contributed by atoms with Crippen LogP contribution in [0.15, 0.2) is 54.7 Å². The van der Waals surface area contributed by atoms with E-state index in [1.165, 1.54) is 5.56 Å². The van der Waals surface area contributed by atoms with Crippen LogP contribution in [-0.4, -0.2) is 48.7 Å². The molecule has 1 N–H and O–H groups in total. The van der Waals surface area contributed by atoms with Gasteiger partial charge in [-0.2, -0.15) is 0 Å². The van der Waals surface area contributed by atoms with Gasteiger partial charge in [-0.25, -0.2) is 4.98 Å². The van der Waals surface area contributed by atoms with Crippen LogP contribution in [-0.2, 0) is 11.3 Å². The summed E-state index contributed by atoms with van der Waals surface area (Å²) in [6.07, 6.45) is 1.85. The number of rotatable bonds is 9. The Hall–Kier alpha value is -2.60. The van der Waals surface area contributed by atoms with Crippen LogP contribution >= 0.6 is 11.6 Å². The van der Waals surface area contributed by atoms with Crippen molar-refractivity contribution in [2.24, 2.45) is 5.92 Å². The van der Waals surface area contributed by atoms with E-state index in [1.54, 1.807) is 0 Å². The van der Waals surface area contributed by atoms with Crippen molar-refractivity contribution < 1.29 is 9.47 Å². The summed E-state index contributed by atoms with van der Waals surface area (Å²) < 4.78 is 12.3. The molecule has 31 heavy (non-hydrogen) atoms. The largest absolute Gasteiger partial charge is 0.491 e. The maximum absolute atomic E-state index is 6.53. The number of aromatic nitrogens is 2. The highest BCUT2D eigenvalue weighted by Crippen LogP contribution is 2.36. The van der Waals surface area contributed by atoms with Crippen LogP contribution in [0.4, 0.5) is 0 Å². The van der Waals surface area contributed by atoms with Crippen molar-refractivity contribution in [3.05, 3.63) is 70.9 Å². The summed E-state index contributed by atoms with van der Waals surface area (Å²) in [6, 6.07) is 16.1. The highest BCUT2D eigenvalue weighted by atomic mass is 35.5. The fourth-order valence-electron chi connectivity index (χ4n) is 3.84. The van der Waals surface area contributed by atoms with E-state index in [0.29, 0.717) is 24.8 Å². The number of halogens is 1. The highest BCUT2D eigenvalue weighted by molar-refractivity contribution is 6.38. The van der Waals surface area contributed by atoms with E-state index in [0.717, 1.165) is 39.8 Å². The standard InChI is InChI=1S/C25H28ClN3O2/c1-17-11-20-23-21(26)9-10-22(24(23)28-25(20)27-12-17)31-16-19(13-29(2)3)15-30-14-18-7-5-4-6-8-18/h4-12,19H,13-16H2,1-3H3,(H,27,28)/t19-/m0/s1. The van der Waals surface area contributed by atoms with Gasteiger partial charge in [-0.05, 0) is 50.3 Å². The summed E-state index contributed by atoms with van der Waals surface area (Å²) in [5, 5.41) is 2.66. The average Bonchev–Trinajstić information content (AvgIpc) is 3.13. The maximum Gasteiger partial charge on any atom is 0.143 e. The number of pyridine rings is 1. The summed E-state index contributed by atoms with van der Waals surface area (Å²) in [7, 11) is 4.13. The molecule has 0 fully saturated rings. The Morgan fingerprint density at radius 2 is 1.90 bits per heavy atom.